The second-order valence-electron chi connectivity index (χ2n) is 3.71. The second-order valence-corrected chi connectivity index (χ2v) is 3.71. The van der Waals surface area contributed by atoms with E-state index in [1.54, 1.807) is 0 Å². The van der Waals surface area contributed by atoms with Crippen molar-refractivity contribution in [3.63, 3.8) is 0 Å². The number of benzene rings is 1. The van der Waals surface area contributed by atoms with Crippen molar-refractivity contribution in [1.29, 1.82) is 0 Å². The Morgan fingerprint density at radius 2 is 2.27 bits per heavy atom. The number of rotatable bonds is 2. The molecule has 1 aromatic carbocycles. The molecule has 0 N–H and O–H groups in total. The van der Waals surface area contributed by atoms with Crippen LogP contribution in [0.4, 0.5) is 0 Å². The van der Waals surface area contributed by atoms with Crippen molar-refractivity contribution in [3.8, 4) is 5.75 Å². The van der Waals surface area contributed by atoms with Crippen LogP contribution in [-0.2, 0) is 14.9 Å². The van der Waals surface area contributed by atoms with Crippen LogP contribution in [0.15, 0.2) is 24.3 Å². The van der Waals surface area contributed by atoms with Gasteiger partial charge in [-0.25, -0.2) is 0 Å². The van der Waals surface area contributed by atoms with Gasteiger partial charge in [0.15, 0.2) is 0 Å². The summed E-state index contributed by atoms with van der Waals surface area (Å²) in [5.74, 6) is 0.583. The molecule has 0 amide bonds. The Kier molecular flexibility index (Phi) is 2.39. The number of hydrogen-bond acceptors (Lipinski definition) is 3. The Hall–Kier alpha value is -1.51. The zero-order chi connectivity index (χ0) is 10.9. The van der Waals surface area contributed by atoms with Crippen LogP contribution < -0.4 is 4.74 Å². The highest BCUT2D eigenvalue weighted by Gasteiger charge is 2.46. The molecule has 0 spiro atoms. The summed E-state index contributed by atoms with van der Waals surface area (Å²) in [6.45, 7) is 2.36. The van der Waals surface area contributed by atoms with Gasteiger partial charge in [0, 0.05) is 5.56 Å². The highest BCUT2D eigenvalue weighted by Crippen LogP contribution is 2.41. The minimum absolute atomic E-state index is 0.213. The van der Waals surface area contributed by atoms with Gasteiger partial charge in [-0.2, -0.15) is 0 Å². The largest absolute Gasteiger partial charge is 0.492 e. The van der Waals surface area contributed by atoms with Gasteiger partial charge in [0.05, 0.1) is 7.11 Å². The summed E-state index contributed by atoms with van der Waals surface area (Å²) in [6.07, 6.45) is 0.691. The third-order valence-corrected chi connectivity index (χ3v) is 3.06. The SMILES string of the molecule is CCC1(C(=O)OC)COc2ccccc21. The molecule has 80 valence electrons. The van der Waals surface area contributed by atoms with E-state index in [1.807, 2.05) is 31.2 Å². The smallest absolute Gasteiger partial charge is 0.319 e. The predicted molar refractivity (Wildman–Crippen MR) is 55.9 cm³/mol. The Morgan fingerprint density at radius 3 is 2.93 bits per heavy atom. The van der Waals surface area contributed by atoms with Crippen molar-refractivity contribution < 1.29 is 14.3 Å². The Balaban J connectivity index is 2.50. The van der Waals surface area contributed by atoms with E-state index in [0.29, 0.717) is 13.0 Å². The minimum atomic E-state index is -0.606. The van der Waals surface area contributed by atoms with Crippen LogP contribution in [0.5, 0.6) is 5.75 Å². The van der Waals surface area contributed by atoms with Crippen LogP contribution in [0.25, 0.3) is 0 Å². The van der Waals surface area contributed by atoms with Gasteiger partial charge in [0.25, 0.3) is 0 Å². The normalized spacial score (nSPS) is 23.1. The van der Waals surface area contributed by atoms with Gasteiger partial charge in [-0.3, -0.25) is 4.79 Å². The second kappa shape index (κ2) is 3.57. The van der Waals surface area contributed by atoms with Crippen molar-refractivity contribution >= 4 is 5.97 Å². The van der Waals surface area contributed by atoms with E-state index in [4.69, 9.17) is 9.47 Å². The predicted octanol–water partition coefficient (Wildman–Crippen LogP) is 1.90. The lowest BCUT2D eigenvalue weighted by atomic mass is 9.80. The molecule has 0 fully saturated rings. The molecule has 1 aromatic rings. The van der Waals surface area contributed by atoms with E-state index in [0.717, 1.165) is 11.3 Å². The molecule has 1 unspecified atom stereocenters. The van der Waals surface area contributed by atoms with Crippen molar-refractivity contribution in [1.82, 2.24) is 0 Å². The number of methoxy groups -OCH3 is 1. The van der Waals surface area contributed by atoms with E-state index < -0.39 is 5.41 Å². The van der Waals surface area contributed by atoms with Crippen molar-refractivity contribution in [2.24, 2.45) is 0 Å². The molecular formula is C12H14O3. The molecule has 3 heteroatoms. The third-order valence-electron chi connectivity index (χ3n) is 3.06. The summed E-state index contributed by atoms with van der Waals surface area (Å²) in [5.41, 5.74) is 0.338. The Morgan fingerprint density at radius 1 is 1.53 bits per heavy atom. The number of ether oxygens (including phenoxy) is 2. The quantitative estimate of drug-likeness (QED) is 0.693. The minimum Gasteiger partial charge on any atom is -0.492 e. The molecule has 0 saturated carbocycles. The topological polar surface area (TPSA) is 35.5 Å². The number of carbonyl (C=O) groups is 1. The zero-order valence-corrected chi connectivity index (χ0v) is 8.95. The monoisotopic (exact) mass is 206 g/mol. The van der Waals surface area contributed by atoms with Gasteiger partial charge in [-0.05, 0) is 12.5 Å². The van der Waals surface area contributed by atoms with E-state index in [9.17, 15) is 4.79 Å². The maximum atomic E-state index is 11.8. The van der Waals surface area contributed by atoms with Crippen LogP contribution in [-0.4, -0.2) is 19.7 Å². The first-order valence-electron chi connectivity index (χ1n) is 5.05. The molecule has 1 aliphatic rings. The molecule has 0 bridgehead atoms. The number of carbonyl (C=O) groups excluding carboxylic acids is 1. The maximum Gasteiger partial charge on any atom is 0.319 e. The lowest BCUT2D eigenvalue weighted by molar-refractivity contribution is -0.148. The summed E-state index contributed by atoms with van der Waals surface area (Å²) >= 11 is 0. The highest BCUT2D eigenvalue weighted by molar-refractivity contribution is 5.85. The molecular weight excluding hydrogens is 192 g/mol. The molecule has 2 rings (SSSR count). The van der Waals surface area contributed by atoms with Gasteiger partial charge in [0.1, 0.15) is 17.8 Å². The van der Waals surface area contributed by atoms with Crippen LogP contribution >= 0.6 is 0 Å². The maximum absolute atomic E-state index is 11.8. The molecule has 0 aromatic heterocycles. The Labute approximate surface area is 89.0 Å². The number of hydrogen-bond donors (Lipinski definition) is 0. The molecule has 1 aliphatic heterocycles. The van der Waals surface area contributed by atoms with E-state index in [1.165, 1.54) is 7.11 Å². The molecule has 3 nitrogen and oxygen atoms in total. The molecule has 0 radical (unpaired) electrons. The van der Waals surface area contributed by atoms with E-state index >= 15 is 0 Å². The fourth-order valence-electron chi connectivity index (χ4n) is 2.07. The van der Waals surface area contributed by atoms with Gasteiger partial charge in [-0.15, -0.1) is 0 Å². The number of esters is 1. The van der Waals surface area contributed by atoms with Crippen LogP contribution in [0, 0.1) is 0 Å². The molecule has 1 atom stereocenters. The summed E-state index contributed by atoms with van der Waals surface area (Å²) in [6, 6.07) is 7.64. The third kappa shape index (κ3) is 1.30. The summed E-state index contributed by atoms with van der Waals surface area (Å²) in [4.78, 5) is 11.8. The first kappa shape index (κ1) is 10.0. The zero-order valence-electron chi connectivity index (χ0n) is 8.95. The standard InChI is InChI=1S/C12H14O3/c1-3-12(11(13)14-2)8-15-10-7-5-4-6-9(10)12/h4-7H,3,8H2,1-2H3. The fraction of sp³-hybridized carbons (Fsp3) is 0.417. The van der Waals surface area contributed by atoms with Gasteiger partial charge in [0.2, 0.25) is 0 Å². The van der Waals surface area contributed by atoms with Gasteiger partial charge >= 0.3 is 5.97 Å². The first-order chi connectivity index (χ1) is 7.24. The lowest BCUT2D eigenvalue weighted by Gasteiger charge is -2.22. The highest BCUT2D eigenvalue weighted by atomic mass is 16.5. The fourth-order valence-corrected chi connectivity index (χ4v) is 2.07. The average molecular weight is 206 g/mol. The van der Waals surface area contributed by atoms with E-state index in [-0.39, 0.29) is 5.97 Å². The number of para-hydroxylation sites is 1. The van der Waals surface area contributed by atoms with Crippen LogP contribution in [0.1, 0.15) is 18.9 Å². The van der Waals surface area contributed by atoms with Crippen molar-refractivity contribution in [2.45, 2.75) is 18.8 Å². The Bertz CT molecular complexity index is 386. The number of fused-ring (bicyclic) bond motifs is 1. The summed E-state index contributed by atoms with van der Waals surface area (Å²) < 4.78 is 10.4. The molecule has 0 aliphatic carbocycles. The molecule has 1 heterocycles. The van der Waals surface area contributed by atoms with Crippen molar-refractivity contribution in [3.05, 3.63) is 29.8 Å². The average Bonchev–Trinajstić information content (AvgIpc) is 2.68. The van der Waals surface area contributed by atoms with Gasteiger partial charge < -0.3 is 9.47 Å². The molecule has 15 heavy (non-hydrogen) atoms. The van der Waals surface area contributed by atoms with Gasteiger partial charge in [-0.1, -0.05) is 25.1 Å². The van der Waals surface area contributed by atoms with Crippen molar-refractivity contribution in [2.75, 3.05) is 13.7 Å². The van der Waals surface area contributed by atoms with Crippen LogP contribution in [0.3, 0.4) is 0 Å². The summed E-state index contributed by atoms with van der Waals surface area (Å²) in [5, 5.41) is 0. The van der Waals surface area contributed by atoms with Crippen LogP contribution in [0.2, 0.25) is 0 Å². The molecule has 0 saturated heterocycles. The summed E-state index contributed by atoms with van der Waals surface area (Å²) in [7, 11) is 1.42. The van der Waals surface area contributed by atoms with E-state index in [2.05, 4.69) is 0 Å². The lowest BCUT2D eigenvalue weighted by Crippen LogP contribution is -2.37. The first-order valence-corrected chi connectivity index (χ1v) is 5.05.